The number of rotatable bonds is 6. The van der Waals surface area contributed by atoms with Crippen LogP contribution in [0.5, 0.6) is 5.75 Å². The Balaban J connectivity index is 1.69. The number of pyridine rings is 1. The first-order chi connectivity index (χ1) is 14.6. The second kappa shape index (κ2) is 8.78. The van der Waals surface area contributed by atoms with Crippen molar-refractivity contribution in [2.45, 2.75) is 13.8 Å². The lowest BCUT2D eigenvalue weighted by molar-refractivity contribution is -0.145. The van der Waals surface area contributed by atoms with Crippen molar-refractivity contribution >= 4 is 16.9 Å². The van der Waals surface area contributed by atoms with Crippen LogP contribution in [0.2, 0.25) is 0 Å². The molecule has 4 rings (SSSR count). The molecular formula is C26H23NO3. The van der Waals surface area contributed by atoms with Gasteiger partial charge in [-0.2, -0.15) is 0 Å². The highest BCUT2D eigenvalue weighted by molar-refractivity contribution is 5.97. The summed E-state index contributed by atoms with van der Waals surface area (Å²) in [5, 5.41) is 1.14. The first kappa shape index (κ1) is 19.6. The Morgan fingerprint density at radius 1 is 0.900 bits per heavy atom. The van der Waals surface area contributed by atoms with Gasteiger partial charge in [0, 0.05) is 10.9 Å². The Labute approximate surface area is 176 Å². The van der Waals surface area contributed by atoms with Crippen LogP contribution in [0.1, 0.15) is 12.5 Å². The predicted octanol–water partition coefficient (Wildman–Crippen LogP) is 5.82. The van der Waals surface area contributed by atoms with Gasteiger partial charge in [0.2, 0.25) is 0 Å². The van der Waals surface area contributed by atoms with Crippen LogP contribution in [0.25, 0.3) is 33.3 Å². The second-order valence-corrected chi connectivity index (χ2v) is 7.06. The number of ether oxygens (including phenoxy) is 2. The minimum absolute atomic E-state index is 0.0983. The summed E-state index contributed by atoms with van der Waals surface area (Å²) >= 11 is 0. The van der Waals surface area contributed by atoms with E-state index in [2.05, 4.69) is 43.3 Å². The van der Waals surface area contributed by atoms with Gasteiger partial charge in [-0.25, -0.2) is 9.78 Å². The molecule has 0 amide bonds. The van der Waals surface area contributed by atoms with Crippen molar-refractivity contribution in [2.24, 2.45) is 0 Å². The molecule has 0 unspecified atom stereocenters. The number of aromatic nitrogens is 1. The Hall–Kier alpha value is -3.66. The second-order valence-electron chi connectivity index (χ2n) is 7.06. The van der Waals surface area contributed by atoms with Gasteiger partial charge in [-0.15, -0.1) is 0 Å². The molecule has 1 aromatic heterocycles. The van der Waals surface area contributed by atoms with Crippen LogP contribution in [-0.4, -0.2) is 24.2 Å². The molecule has 0 spiro atoms. The lowest BCUT2D eigenvalue weighted by Crippen LogP contribution is -2.14. The minimum atomic E-state index is -0.374. The lowest BCUT2D eigenvalue weighted by Gasteiger charge is -2.12. The van der Waals surface area contributed by atoms with Crippen molar-refractivity contribution in [1.29, 1.82) is 0 Å². The Bertz CT molecular complexity index is 1170. The van der Waals surface area contributed by atoms with Gasteiger partial charge in [0.25, 0.3) is 0 Å². The quantitative estimate of drug-likeness (QED) is 0.385. The highest BCUT2D eigenvalue weighted by Crippen LogP contribution is 2.33. The zero-order valence-electron chi connectivity index (χ0n) is 17.1. The number of benzene rings is 3. The number of carbonyl (C=O) groups is 1. The van der Waals surface area contributed by atoms with Crippen molar-refractivity contribution in [3.05, 3.63) is 84.4 Å². The Morgan fingerprint density at radius 2 is 1.67 bits per heavy atom. The van der Waals surface area contributed by atoms with E-state index in [1.165, 1.54) is 5.56 Å². The monoisotopic (exact) mass is 397 g/mol. The number of carbonyl (C=O) groups excluding carboxylic acids is 1. The third-order valence-corrected chi connectivity index (χ3v) is 4.86. The molecule has 4 nitrogen and oxygen atoms in total. The number of aryl methyl sites for hydroxylation is 1. The van der Waals surface area contributed by atoms with Gasteiger partial charge in [-0.3, -0.25) is 0 Å². The molecule has 30 heavy (non-hydrogen) atoms. The number of hydrogen-bond donors (Lipinski definition) is 0. The smallest absolute Gasteiger partial charge is 0.344 e. The molecule has 0 fully saturated rings. The van der Waals surface area contributed by atoms with E-state index in [4.69, 9.17) is 14.5 Å². The fourth-order valence-corrected chi connectivity index (χ4v) is 3.41. The molecule has 0 aliphatic heterocycles. The summed E-state index contributed by atoms with van der Waals surface area (Å²) < 4.78 is 10.4. The van der Waals surface area contributed by atoms with Crippen LogP contribution < -0.4 is 4.74 Å². The molecule has 0 saturated heterocycles. The van der Waals surface area contributed by atoms with Gasteiger partial charge in [-0.05, 0) is 67.4 Å². The van der Waals surface area contributed by atoms with Crippen LogP contribution in [-0.2, 0) is 9.53 Å². The summed E-state index contributed by atoms with van der Waals surface area (Å²) in [6, 6.07) is 26.4. The van der Waals surface area contributed by atoms with E-state index in [-0.39, 0.29) is 12.6 Å². The molecular weight excluding hydrogens is 374 g/mol. The molecule has 0 N–H and O–H groups in total. The van der Waals surface area contributed by atoms with Gasteiger partial charge in [0.1, 0.15) is 5.75 Å². The Kier molecular flexibility index (Phi) is 5.75. The van der Waals surface area contributed by atoms with Crippen LogP contribution in [0.3, 0.4) is 0 Å². The molecule has 0 aliphatic rings. The summed E-state index contributed by atoms with van der Waals surface area (Å²) in [6.07, 6.45) is 0. The summed E-state index contributed by atoms with van der Waals surface area (Å²) in [7, 11) is 0. The summed E-state index contributed by atoms with van der Waals surface area (Å²) in [6.45, 7) is 4.11. The van der Waals surface area contributed by atoms with Gasteiger partial charge >= 0.3 is 5.97 Å². The minimum Gasteiger partial charge on any atom is -0.482 e. The largest absolute Gasteiger partial charge is 0.482 e. The fourth-order valence-electron chi connectivity index (χ4n) is 3.41. The number of nitrogens with zero attached hydrogens (tertiary/aromatic N) is 1. The van der Waals surface area contributed by atoms with Crippen LogP contribution in [0.4, 0.5) is 0 Å². The summed E-state index contributed by atoms with van der Waals surface area (Å²) in [4.78, 5) is 16.4. The zero-order chi connectivity index (χ0) is 20.9. The number of esters is 1. The number of hydrogen-bond acceptors (Lipinski definition) is 4. The fraction of sp³-hybridized carbons (Fsp3) is 0.154. The van der Waals surface area contributed by atoms with E-state index in [0.717, 1.165) is 33.3 Å². The highest BCUT2D eigenvalue weighted by atomic mass is 16.6. The lowest BCUT2D eigenvalue weighted by atomic mass is 9.97. The van der Waals surface area contributed by atoms with Crippen LogP contribution >= 0.6 is 0 Å². The SMILES string of the molecule is CCOC(=O)COc1ccc(-c2cc(-c3ccccc3)c3cc(C)ccc3n2)cc1. The molecule has 4 heteroatoms. The number of fused-ring (bicyclic) bond motifs is 1. The highest BCUT2D eigenvalue weighted by Gasteiger charge is 2.10. The summed E-state index contributed by atoms with van der Waals surface area (Å²) in [5.41, 5.74) is 6.35. The van der Waals surface area contributed by atoms with Crippen molar-refractivity contribution in [3.63, 3.8) is 0 Å². The first-order valence-corrected chi connectivity index (χ1v) is 10.00. The standard InChI is InChI=1S/C26H23NO3/c1-3-29-26(28)17-30-21-12-10-20(11-13-21)25-16-22(19-7-5-4-6-8-19)23-15-18(2)9-14-24(23)27-25/h4-16H,3,17H2,1-2H3. The van der Waals surface area contributed by atoms with Crippen molar-refractivity contribution < 1.29 is 14.3 Å². The maximum atomic E-state index is 11.5. The maximum absolute atomic E-state index is 11.5. The van der Waals surface area contributed by atoms with Gasteiger partial charge in [0.05, 0.1) is 17.8 Å². The van der Waals surface area contributed by atoms with Crippen molar-refractivity contribution in [1.82, 2.24) is 4.98 Å². The molecule has 150 valence electrons. The molecule has 0 radical (unpaired) electrons. The normalized spacial score (nSPS) is 10.7. The van der Waals surface area contributed by atoms with E-state index < -0.39 is 0 Å². The van der Waals surface area contributed by atoms with E-state index in [0.29, 0.717) is 12.4 Å². The molecule has 1 heterocycles. The van der Waals surface area contributed by atoms with Crippen LogP contribution in [0.15, 0.2) is 78.9 Å². The van der Waals surface area contributed by atoms with Crippen molar-refractivity contribution in [3.8, 4) is 28.1 Å². The third-order valence-electron chi connectivity index (χ3n) is 4.86. The predicted molar refractivity (Wildman–Crippen MR) is 119 cm³/mol. The van der Waals surface area contributed by atoms with Crippen LogP contribution in [0, 0.1) is 6.92 Å². The molecule has 0 atom stereocenters. The molecule has 0 bridgehead atoms. The average molecular weight is 397 g/mol. The Morgan fingerprint density at radius 3 is 2.40 bits per heavy atom. The summed E-state index contributed by atoms with van der Waals surface area (Å²) in [5.74, 6) is 0.243. The third kappa shape index (κ3) is 4.33. The molecule has 4 aromatic rings. The van der Waals surface area contributed by atoms with E-state index in [1.54, 1.807) is 6.92 Å². The average Bonchev–Trinajstić information content (AvgIpc) is 2.78. The van der Waals surface area contributed by atoms with Gasteiger partial charge in [-0.1, -0.05) is 42.0 Å². The van der Waals surface area contributed by atoms with E-state index in [9.17, 15) is 4.79 Å². The first-order valence-electron chi connectivity index (χ1n) is 10.00. The van der Waals surface area contributed by atoms with E-state index in [1.807, 2.05) is 42.5 Å². The zero-order valence-corrected chi connectivity index (χ0v) is 17.1. The topological polar surface area (TPSA) is 48.4 Å². The van der Waals surface area contributed by atoms with Gasteiger partial charge in [0.15, 0.2) is 6.61 Å². The van der Waals surface area contributed by atoms with E-state index >= 15 is 0 Å². The molecule has 0 saturated carbocycles. The van der Waals surface area contributed by atoms with Gasteiger partial charge < -0.3 is 9.47 Å². The molecule has 0 aliphatic carbocycles. The van der Waals surface area contributed by atoms with Crippen molar-refractivity contribution in [2.75, 3.05) is 13.2 Å². The molecule has 3 aromatic carbocycles. The maximum Gasteiger partial charge on any atom is 0.344 e.